The molecule has 5 nitrogen and oxygen atoms in total. The Morgan fingerprint density at radius 3 is 2.64 bits per heavy atom. The van der Waals surface area contributed by atoms with Crippen LogP contribution in [-0.4, -0.2) is 34.4 Å². The highest BCUT2D eigenvalue weighted by Gasteiger charge is 2.13. The van der Waals surface area contributed by atoms with Crippen LogP contribution in [0, 0.1) is 0 Å². The summed E-state index contributed by atoms with van der Waals surface area (Å²) in [6.07, 6.45) is 11.1. The van der Waals surface area contributed by atoms with Crippen LogP contribution >= 0.6 is 11.8 Å². The van der Waals surface area contributed by atoms with Crippen LogP contribution in [0.25, 0.3) is 0 Å². The van der Waals surface area contributed by atoms with Gasteiger partial charge in [0.2, 0.25) is 0 Å². The molecule has 1 amide bonds. The second-order valence-electron chi connectivity index (χ2n) is 7.04. The van der Waals surface area contributed by atoms with E-state index in [0.29, 0.717) is 29.9 Å². The number of carbonyl (C=O) groups excluding carboxylic acids is 1. The molecule has 0 aliphatic rings. The van der Waals surface area contributed by atoms with Crippen LogP contribution in [0.4, 0.5) is 0 Å². The number of aliphatic imine (C=N–C) groups is 1. The number of allylic oxidation sites excluding steroid dienone is 1. The Morgan fingerprint density at radius 2 is 1.94 bits per heavy atom. The lowest BCUT2D eigenvalue weighted by atomic mass is 10.1. The normalized spacial score (nSPS) is 11.7. The first-order chi connectivity index (χ1) is 16.1. The summed E-state index contributed by atoms with van der Waals surface area (Å²) in [5, 5.41) is 2.91. The van der Waals surface area contributed by atoms with E-state index in [1.165, 1.54) is 6.08 Å². The highest BCUT2D eigenvalue weighted by molar-refractivity contribution is 7.98. The molecular formula is C27H26N4OS. The van der Waals surface area contributed by atoms with Crippen LogP contribution in [0.3, 0.4) is 0 Å². The summed E-state index contributed by atoms with van der Waals surface area (Å²) >= 11 is 1.64. The zero-order chi connectivity index (χ0) is 23.5. The number of rotatable bonds is 10. The first-order valence-electron chi connectivity index (χ1n) is 10.5. The average molecular weight is 455 g/mol. The maximum Gasteiger partial charge on any atom is 0.251 e. The Morgan fingerprint density at radius 1 is 1.12 bits per heavy atom. The molecule has 0 aliphatic heterocycles. The summed E-state index contributed by atoms with van der Waals surface area (Å²) in [5.41, 5.74) is 4.27. The SMILES string of the molecule is C=C/C(=C\C(=C)N=C(c1ccccn1)c1ccccc1SC)C(=O)NCCc1cccnc1. The summed E-state index contributed by atoms with van der Waals surface area (Å²) in [6.45, 7) is 8.34. The van der Waals surface area contributed by atoms with Crippen molar-refractivity contribution in [1.29, 1.82) is 0 Å². The molecule has 1 aromatic carbocycles. The van der Waals surface area contributed by atoms with Gasteiger partial charge in [-0.25, -0.2) is 4.99 Å². The van der Waals surface area contributed by atoms with Gasteiger partial charge in [-0.3, -0.25) is 14.8 Å². The third-order valence-corrected chi connectivity index (χ3v) is 5.55. The lowest BCUT2D eigenvalue weighted by molar-refractivity contribution is -0.117. The average Bonchev–Trinajstić information content (AvgIpc) is 2.87. The van der Waals surface area contributed by atoms with Gasteiger partial charge in [-0.1, -0.05) is 49.6 Å². The van der Waals surface area contributed by atoms with Gasteiger partial charge in [0, 0.05) is 41.2 Å². The lowest BCUT2D eigenvalue weighted by Gasteiger charge is -2.11. The second kappa shape index (κ2) is 12.3. The summed E-state index contributed by atoms with van der Waals surface area (Å²) in [4.78, 5) is 27.1. The van der Waals surface area contributed by atoms with Gasteiger partial charge in [-0.05, 0) is 48.6 Å². The molecule has 1 N–H and O–H groups in total. The molecule has 2 aromatic heterocycles. The van der Waals surface area contributed by atoms with Gasteiger partial charge in [0.25, 0.3) is 5.91 Å². The zero-order valence-electron chi connectivity index (χ0n) is 18.6. The van der Waals surface area contributed by atoms with Crippen LogP contribution in [0.2, 0.25) is 0 Å². The molecular weight excluding hydrogens is 428 g/mol. The second-order valence-corrected chi connectivity index (χ2v) is 7.89. The molecule has 166 valence electrons. The summed E-state index contributed by atoms with van der Waals surface area (Å²) in [6, 6.07) is 17.6. The third kappa shape index (κ3) is 6.85. The highest BCUT2D eigenvalue weighted by Crippen LogP contribution is 2.23. The van der Waals surface area contributed by atoms with Gasteiger partial charge < -0.3 is 5.32 Å². The number of carbonyl (C=O) groups is 1. The summed E-state index contributed by atoms with van der Waals surface area (Å²) in [5.74, 6) is -0.228. The van der Waals surface area contributed by atoms with Crippen LogP contribution in [0.1, 0.15) is 16.8 Å². The number of thioether (sulfide) groups is 1. The van der Waals surface area contributed by atoms with Crippen molar-refractivity contribution in [2.75, 3.05) is 12.8 Å². The van der Waals surface area contributed by atoms with Crippen molar-refractivity contribution in [1.82, 2.24) is 15.3 Å². The van der Waals surface area contributed by atoms with Crippen LogP contribution in [-0.2, 0) is 11.2 Å². The summed E-state index contributed by atoms with van der Waals surface area (Å²) < 4.78 is 0. The monoisotopic (exact) mass is 454 g/mol. The van der Waals surface area contributed by atoms with Gasteiger partial charge in [0.15, 0.2) is 0 Å². The fraction of sp³-hybridized carbons (Fsp3) is 0.111. The van der Waals surface area contributed by atoms with Crippen LogP contribution in [0.15, 0.2) is 120 Å². The van der Waals surface area contributed by atoms with Gasteiger partial charge in [-0.2, -0.15) is 0 Å². The molecule has 33 heavy (non-hydrogen) atoms. The Bertz CT molecular complexity index is 1170. The molecule has 0 saturated carbocycles. The van der Waals surface area contributed by atoms with Crippen molar-refractivity contribution < 1.29 is 4.79 Å². The molecule has 0 saturated heterocycles. The quantitative estimate of drug-likeness (QED) is 0.202. The molecule has 0 fully saturated rings. The maximum absolute atomic E-state index is 12.7. The first-order valence-corrected chi connectivity index (χ1v) is 11.7. The number of hydrogen-bond acceptors (Lipinski definition) is 5. The minimum atomic E-state index is -0.228. The van der Waals surface area contributed by atoms with Crippen LogP contribution < -0.4 is 5.32 Å². The molecule has 0 unspecified atom stereocenters. The van der Waals surface area contributed by atoms with Gasteiger partial charge >= 0.3 is 0 Å². The van der Waals surface area contributed by atoms with Crippen LogP contribution in [0.5, 0.6) is 0 Å². The molecule has 0 bridgehead atoms. The number of benzene rings is 1. The Balaban J connectivity index is 1.82. The molecule has 6 heteroatoms. The molecule has 0 spiro atoms. The van der Waals surface area contributed by atoms with Crippen molar-refractivity contribution in [3.63, 3.8) is 0 Å². The fourth-order valence-electron chi connectivity index (χ4n) is 3.14. The maximum atomic E-state index is 12.7. The number of nitrogens with one attached hydrogen (secondary N) is 1. The smallest absolute Gasteiger partial charge is 0.251 e. The van der Waals surface area contributed by atoms with E-state index in [9.17, 15) is 4.79 Å². The lowest BCUT2D eigenvalue weighted by Crippen LogP contribution is -2.26. The molecule has 0 aliphatic carbocycles. The van der Waals surface area contributed by atoms with E-state index in [0.717, 1.165) is 21.7 Å². The minimum Gasteiger partial charge on any atom is -0.352 e. The number of pyridine rings is 2. The van der Waals surface area contributed by atoms with E-state index < -0.39 is 0 Å². The number of hydrogen-bond donors (Lipinski definition) is 1. The molecule has 3 rings (SSSR count). The fourth-order valence-corrected chi connectivity index (χ4v) is 3.74. The van der Waals surface area contributed by atoms with Crippen molar-refractivity contribution in [3.05, 3.63) is 127 Å². The molecule has 0 atom stereocenters. The standard InChI is InChI=1S/C27H26N4OS/c1-4-22(27(32)30-17-14-21-10-9-15-28-19-21)18-20(2)31-26(24-12-7-8-16-29-24)23-11-5-6-13-25(23)33-3/h4-13,15-16,18-19H,1-2,14,17H2,3H3,(H,30,32)/b22-18+,31-26?. The molecule has 0 radical (unpaired) electrons. The predicted molar refractivity (Wildman–Crippen MR) is 136 cm³/mol. The topological polar surface area (TPSA) is 67.2 Å². The Labute approximate surface area is 199 Å². The van der Waals surface area contributed by atoms with E-state index in [1.807, 2.05) is 60.9 Å². The van der Waals surface area contributed by atoms with E-state index in [2.05, 4.69) is 28.4 Å². The predicted octanol–water partition coefficient (Wildman–Crippen LogP) is 5.02. The number of nitrogens with zero attached hydrogens (tertiary/aromatic N) is 3. The number of aromatic nitrogens is 2. The van der Waals surface area contributed by atoms with E-state index >= 15 is 0 Å². The molecule has 2 heterocycles. The molecule has 3 aromatic rings. The highest BCUT2D eigenvalue weighted by atomic mass is 32.2. The van der Waals surface area contributed by atoms with Gasteiger partial charge in [-0.15, -0.1) is 11.8 Å². The number of amides is 1. The minimum absolute atomic E-state index is 0.228. The van der Waals surface area contributed by atoms with Gasteiger partial charge in [0.1, 0.15) is 0 Å². The van der Waals surface area contributed by atoms with E-state index in [-0.39, 0.29) is 5.91 Å². The zero-order valence-corrected chi connectivity index (χ0v) is 19.4. The van der Waals surface area contributed by atoms with E-state index in [4.69, 9.17) is 4.99 Å². The largest absolute Gasteiger partial charge is 0.352 e. The van der Waals surface area contributed by atoms with E-state index in [1.54, 1.807) is 36.4 Å². The van der Waals surface area contributed by atoms with Crippen molar-refractivity contribution in [3.8, 4) is 0 Å². The van der Waals surface area contributed by atoms with Crippen molar-refractivity contribution in [2.45, 2.75) is 11.3 Å². The van der Waals surface area contributed by atoms with Gasteiger partial charge in [0.05, 0.1) is 17.1 Å². The Hall–Kier alpha value is -3.77. The third-order valence-electron chi connectivity index (χ3n) is 4.75. The van der Waals surface area contributed by atoms with Crippen molar-refractivity contribution in [2.24, 2.45) is 4.99 Å². The van der Waals surface area contributed by atoms with Crippen molar-refractivity contribution >= 4 is 23.4 Å². The summed E-state index contributed by atoms with van der Waals surface area (Å²) in [7, 11) is 0. The first kappa shape index (κ1) is 23.9. The Kier molecular flexibility index (Phi) is 8.91.